The standard InChI is InChI=1S/C35H28F3N3O6S/c1-39-34(42)31-24-15-23(20-8-11-29(45-2)25(12-20)35-40-27-14-22(37)13-26(38)33(27)47-35)28(41(48(3,43)44)17-18-4-5-18)16-30(24)46-32(31)19-6-9-21(36)10-7-19/h6-16,18H,4-5,17H2,1-3H3,(H,39,42). The minimum Gasteiger partial charge on any atom is -0.496 e. The van der Waals surface area contributed by atoms with Crippen LogP contribution in [0.4, 0.5) is 18.9 Å². The van der Waals surface area contributed by atoms with Crippen LogP contribution < -0.4 is 14.4 Å². The fourth-order valence-corrected chi connectivity index (χ4v) is 6.78. The number of amides is 1. The first-order valence-electron chi connectivity index (χ1n) is 15.0. The van der Waals surface area contributed by atoms with Crippen molar-refractivity contribution in [3.8, 4) is 39.7 Å². The normalized spacial score (nSPS) is 13.3. The van der Waals surface area contributed by atoms with E-state index in [4.69, 9.17) is 13.6 Å². The molecule has 1 fully saturated rings. The van der Waals surface area contributed by atoms with Gasteiger partial charge >= 0.3 is 0 Å². The molecule has 9 nitrogen and oxygen atoms in total. The summed E-state index contributed by atoms with van der Waals surface area (Å²) >= 11 is 0. The van der Waals surface area contributed by atoms with Crippen LogP contribution in [0.3, 0.4) is 0 Å². The second-order valence-corrected chi connectivity index (χ2v) is 13.6. The summed E-state index contributed by atoms with van der Waals surface area (Å²) in [4.78, 5) is 17.6. The molecular formula is C35H28F3N3O6S. The molecule has 1 amide bonds. The third-order valence-electron chi connectivity index (χ3n) is 8.31. The number of carbonyl (C=O) groups excluding carboxylic acids is 1. The predicted octanol–water partition coefficient (Wildman–Crippen LogP) is 7.54. The number of furan rings is 1. The van der Waals surface area contributed by atoms with Gasteiger partial charge in [0.25, 0.3) is 5.91 Å². The zero-order valence-corrected chi connectivity index (χ0v) is 26.8. The van der Waals surface area contributed by atoms with Crippen molar-refractivity contribution in [2.75, 3.05) is 31.3 Å². The Kier molecular flexibility index (Phi) is 7.66. The zero-order chi connectivity index (χ0) is 33.9. The summed E-state index contributed by atoms with van der Waals surface area (Å²) in [6, 6.07) is 15.4. The number of aromatic nitrogens is 1. The fraction of sp³-hybridized carbons (Fsp3) is 0.200. The highest BCUT2D eigenvalue weighted by Gasteiger charge is 2.32. The van der Waals surface area contributed by atoms with E-state index in [1.54, 1.807) is 30.3 Å². The molecule has 0 atom stereocenters. The molecule has 4 aromatic carbocycles. The lowest BCUT2D eigenvalue weighted by molar-refractivity contribution is 0.0964. The van der Waals surface area contributed by atoms with Crippen molar-refractivity contribution >= 4 is 43.7 Å². The molecule has 2 aromatic heterocycles. The minimum absolute atomic E-state index is 0.0355. The highest BCUT2D eigenvalue weighted by atomic mass is 32.2. The quantitative estimate of drug-likeness (QED) is 0.168. The summed E-state index contributed by atoms with van der Waals surface area (Å²) in [7, 11) is -0.919. The molecule has 0 saturated heterocycles. The molecule has 1 aliphatic rings. The van der Waals surface area contributed by atoms with Crippen molar-refractivity contribution in [3.05, 3.63) is 89.7 Å². The van der Waals surface area contributed by atoms with Crippen LogP contribution in [0.5, 0.6) is 5.75 Å². The number of oxazole rings is 1. The average molecular weight is 676 g/mol. The van der Waals surface area contributed by atoms with Crippen LogP contribution in [0.15, 0.2) is 75.6 Å². The van der Waals surface area contributed by atoms with Gasteiger partial charge in [0.15, 0.2) is 11.4 Å². The molecule has 13 heteroatoms. The van der Waals surface area contributed by atoms with Gasteiger partial charge < -0.3 is 18.9 Å². The largest absolute Gasteiger partial charge is 0.496 e. The maximum atomic E-state index is 14.6. The molecule has 1 saturated carbocycles. The Morgan fingerprint density at radius 3 is 2.35 bits per heavy atom. The molecule has 246 valence electrons. The Bertz CT molecular complexity index is 2350. The van der Waals surface area contributed by atoms with Crippen molar-refractivity contribution in [1.82, 2.24) is 10.3 Å². The Morgan fingerprint density at radius 1 is 0.958 bits per heavy atom. The van der Waals surface area contributed by atoms with Crippen LogP contribution in [0.25, 0.3) is 56.0 Å². The lowest BCUT2D eigenvalue weighted by atomic mass is 9.96. The lowest BCUT2D eigenvalue weighted by Crippen LogP contribution is -2.32. The first kappa shape index (κ1) is 31.3. The van der Waals surface area contributed by atoms with Gasteiger partial charge in [-0.2, -0.15) is 0 Å². The maximum absolute atomic E-state index is 14.6. The summed E-state index contributed by atoms with van der Waals surface area (Å²) in [5.41, 5.74) is 2.06. The number of carbonyl (C=O) groups is 1. The topological polar surface area (TPSA) is 115 Å². The third kappa shape index (κ3) is 5.63. The van der Waals surface area contributed by atoms with E-state index in [-0.39, 0.29) is 51.9 Å². The SMILES string of the molecule is CNC(=O)c1c(-c2ccc(F)cc2)oc2cc(N(CC3CC3)S(C)(=O)=O)c(-c3ccc(OC)c(-c4nc5cc(F)cc(F)c5o4)c3)cc12. The molecule has 0 aliphatic heterocycles. The van der Waals surface area contributed by atoms with E-state index >= 15 is 0 Å². The summed E-state index contributed by atoms with van der Waals surface area (Å²) in [5, 5.41) is 3.01. The summed E-state index contributed by atoms with van der Waals surface area (Å²) in [5.74, 6) is -2.08. The molecule has 1 aliphatic carbocycles. The van der Waals surface area contributed by atoms with Gasteiger partial charge in [0.2, 0.25) is 15.9 Å². The van der Waals surface area contributed by atoms with Crippen molar-refractivity contribution in [3.63, 3.8) is 0 Å². The number of nitrogens with zero attached hydrogens (tertiary/aromatic N) is 2. The molecule has 2 heterocycles. The number of rotatable bonds is 9. The van der Waals surface area contributed by atoms with E-state index in [0.717, 1.165) is 25.2 Å². The number of fused-ring (bicyclic) bond motifs is 2. The summed E-state index contributed by atoms with van der Waals surface area (Å²) in [6.07, 6.45) is 2.87. The highest BCUT2D eigenvalue weighted by molar-refractivity contribution is 7.92. The van der Waals surface area contributed by atoms with Crippen LogP contribution in [0, 0.1) is 23.4 Å². The highest BCUT2D eigenvalue weighted by Crippen LogP contribution is 2.45. The van der Waals surface area contributed by atoms with E-state index in [1.165, 1.54) is 42.7 Å². The van der Waals surface area contributed by atoms with Gasteiger partial charge in [0.1, 0.15) is 34.2 Å². The number of benzene rings is 4. The molecule has 0 radical (unpaired) electrons. The zero-order valence-electron chi connectivity index (χ0n) is 25.9. The van der Waals surface area contributed by atoms with Gasteiger partial charge in [0, 0.05) is 48.3 Å². The number of halogens is 3. The van der Waals surface area contributed by atoms with Crippen molar-refractivity contribution in [2.45, 2.75) is 12.8 Å². The number of nitrogens with one attached hydrogen (secondary N) is 1. The van der Waals surface area contributed by atoms with Crippen LogP contribution in [-0.4, -0.2) is 46.3 Å². The lowest BCUT2D eigenvalue weighted by Gasteiger charge is -2.25. The molecule has 0 unspecified atom stereocenters. The van der Waals surface area contributed by atoms with Crippen LogP contribution >= 0.6 is 0 Å². The maximum Gasteiger partial charge on any atom is 0.255 e. The molecule has 0 bridgehead atoms. The van der Waals surface area contributed by atoms with Crippen molar-refractivity contribution in [2.24, 2.45) is 5.92 Å². The summed E-state index contributed by atoms with van der Waals surface area (Å²) in [6.45, 7) is 0.226. The average Bonchev–Trinajstić information content (AvgIpc) is 3.66. The number of hydrogen-bond donors (Lipinski definition) is 1. The van der Waals surface area contributed by atoms with Gasteiger partial charge in [-0.3, -0.25) is 9.10 Å². The molecule has 1 N–H and O–H groups in total. The molecule has 6 aromatic rings. The second kappa shape index (κ2) is 11.7. The second-order valence-electron chi connectivity index (χ2n) is 11.7. The van der Waals surface area contributed by atoms with E-state index in [1.807, 2.05) is 0 Å². The molecule has 7 rings (SSSR count). The third-order valence-corrected chi connectivity index (χ3v) is 9.45. The Hall–Kier alpha value is -5.30. The van der Waals surface area contributed by atoms with Crippen LogP contribution in [0.1, 0.15) is 23.2 Å². The van der Waals surface area contributed by atoms with Gasteiger partial charge in [-0.25, -0.2) is 26.6 Å². The first-order valence-corrected chi connectivity index (χ1v) is 16.8. The molecular weight excluding hydrogens is 647 g/mol. The van der Waals surface area contributed by atoms with Crippen LogP contribution in [0.2, 0.25) is 0 Å². The number of hydrogen-bond acceptors (Lipinski definition) is 7. The number of ether oxygens (including phenoxy) is 1. The van der Waals surface area contributed by atoms with Gasteiger partial charge in [-0.15, -0.1) is 0 Å². The van der Waals surface area contributed by atoms with Gasteiger partial charge in [-0.05, 0) is 66.8 Å². The Labute approximate surface area is 273 Å². The van der Waals surface area contributed by atoms with Crippen molar-refractivity contribution < 1.29 is 40.0 Å². The first-order chi connectivity index (χ1) is 22.9. The minimum atomic E-state index is -3.82. The van der Waals surface area contributed by atoms with Gasteiger partial charge in [-0.1, -0.05) is 6.07 Å². The van der Waals surface area contributed by atoms with Gasteiger partial charge in [0.05, 0.1) is 30.2 Å². The fourth-order valence-electron chi connectivity index (χ4n) is 5.79. The Morgan fingerprint density at radius 2 is 1.69 bits per heavy atom. The molecule has 0 spiro atoms. The van der Waals surface area contributed by atoms with E-state index in [9.17, 15) is 26.4 Å². The summed E-state index contributed by atoms with van der Waals surface area (Å²) < 4.78 is 87.8. The monoisotopic (exact) mass is 675 g/mol. The number of methoxy groups -OCH3 is 1. The van der Waals surface area contributed by atoms with Crippen molar-refractivity contribution in [1.29, 1.82) is 0 Å². The Balaban J connectivity index is 1.50. The smallest absolute Gasteiger partial charge is 0.255 e. The molecule has 48 heavy (non-hydrogen) atoms. The van der Waals surface area contributed by atoms with E-state index in [0.29, 0.717) is 39.6 Å². The van der Waals surface area contributed by atoms with E-state index in [2.05, 4.69) is 10.3 Å². The van der Waals surface area contributed by atoms with E-state index < -0.39 is 33.4 Å². The predicted molar refractivity (Wildman–Crippen MR) is 175 cm³/mol. The van der Waals surface area contributed by atoms with Crippen LogP contribution in [-0.2, 0) is 10.0 Å². The number of anilines is 1. The number of sulfonamides is 1.